The largest absolute Gasteiger partial charge is 0.317 e. The van der Waals surface area contributed by atoms with E-state index in [0.29, 0.717) is 0 Å². The van der Waals surface area contributed by atoms with E-state index in [1.807, 2.05) is 5.32 Å². The summed E-state index contributed by atoms with van der Waals surface area (Å²) in [6.45, 7) is 0. The maximum absolute atomic E-state index is 13.3. The lowest BCUT2D eigenvalue weighted by molar-refractivity contribution is 0.102. The number of nitrogens with zero attached hydrogens (tertiary/aromatic N) is 1. The number of benzene rings is 1. The molecule has 0 spiro atoms. The summed E-state index contributed by atoms with van der Waals surface area (Å²) in [6.07, 6.45) is 0.822. The minimum absolute atomic E-state index is 0.268. The number of carbonyl (C=O) groups is 1. The Hall–Kier alpha value is -2.08. The number of para-hydroxylation sites is 1. The van der Waals surface area contributed by atoms with Crippen LogP contribution in [0.4, 0.5) is 18.9 Å². The SMILES string of the molecule is O=C(Nc1c(F)cccc1F)c1cc(F)cnc1Cl. The lowest BCUT2D eigenvalue weighted by atomic mass is 10.2. The Balaban J connectivity index is 2.34. The molecule has 0 bridgehead atoms. The second kappa shape index (κ2) is 5.27. The van der Waals surface area contributed by atoms with Crippen LogP contribution in [-0.2, 0) is 0 Å². The van der Waals surface area contributed by atoms with Gasteiger partial charge in [-0.05, 0) is 18.2 Å². The van der Waals surface area contributed by atoms with Gasteiger partial charge in [0.15, 0.2) is 0 Å². The molecule has 7 heteroatoms. The zero-order valence-corrected chi connectivity index (χ0v) is 10.0. The third-order valence-electron chi connectivity index (χ3n) is 2.25. The fourth-order valence-electron chi connectivity index (χ4n) is 1.38. The van der Waals surface area contributed by atoms with Crippen LogP contribution in [0.5, 0.6) is 0 Å². The second-order valence-electron chi connectivity index (χ2n) is 3.54. The van der Waals surface area contributed by atoms with Crippen LogP contribution in [-0.4, -0.2) is 10.9 Å². The number of pyridine rings is 1. The Bertz CT molecular complexity index is 629. The predicted octanol–water partition coefficient (Wildman–Crippen LogP) is 3.40. The van der Waals surface area contributed by atoms with Gasteiger partial charge in [0.05, 0.1) is 11.8 Å². The predicted molar refractivity (Wildman–Crippen MR) is 63.5 cm³/mol. The Morgan fingerprint density at radius 2 is 1.84 bits per heavy atom. The van der Waals surface area contributed by atoms with Gasteiger partial charge in [0.25, 0.3) is 5.91 Å². The number of hydrogen-bond donors (Lipinski definition) is 1. The van der Waals surface area contributed by atoms with Gasteiger partial charge in [-0.1, -0.05) is 17.7 Å². The standard InChI is InChI=1S/C12H6ClF3N2O/c13-11-7(4-6(14)5-17-11)12(19)18-10-8(15)2-1-3-9(10)16/h1-5H,(H,18,19). The summed E-state index contributed by atoms with van der Waals surface area (Å²) >= 11 is 5.61. The van der Waals surface area contributed by atoms with E-state index in [0.717, 1.165) is 30.5 Å². The van der Waals surface area contributed by atoms with Crippen molar-refractivity contribution in [3.8, 4) is 0 Å². The van der Waals surface area contributed by atoms with Gasteiger partial charge in [-0.25, -0.2) is 18.2 Å². The molecule has 0 fully saturated rings. The maximum Gasteiger partial charge on any atom is 0.259 e. The van der Waals surface area contributed by atoms with Crippen molar-refractivity contribution in [1.82, 2.24) is 4.98 Å². The lowest BCUT2D eigenvalue weighted by Crippen LogP contribution is -2.15. The molecule has 98 valence electrons. The highest BCUT2D eigenvalue weighted by Crippen LogP contribution is 2.21. The molecule has 1 amide bonds. The fraction of sp³-hybridized carbons (Fsp3) is 0. The van der Waals surface area contributed by atoms with Gasteiger partial charge in [-0.2, -0.15) is 0 Å². The van der Waals surface area contributed by atoms with Crippen molar-refractivity contribution in [2.24, 2.45) is 0 Å². The van der Waals surface area contributed by atoms with Crippen LogP contribution in [0, 0.1) is 17.5 Å². The van der Waals surface area contributed by atoms with Crippen LogP contribution < -0.4 is 5.32 Å². The third kappa shape index (κ3) is 2.85. The summed E-state index contributed by atoms with van der Waals surface area (Å²) in [5.41, 5.74) is -0.947. The molecule has 0 saturated carbocycles. The summed E-state index contributed by atoms with van der Waals surface area (Å²) in [6, 6.07) is 3.93. The molecule has 3 nitrogen and oxygen atoms in total. The van der Waals surface area contributed by atoms with Gasteiger partial charge in [0.2, 0.25) is 0 Å². The van der Waals surface area contributed by atoms with Crippen LogP contribution in [0.2, 0.25) is 5.15 Å². The van der Waals surface area contributed by atoms with Crippen LogP contribution in [0.1, 0.15) is 10.4 Å². The number of aromatic nitrogens is 1. The van der Waals surface area contributed by atoms with Crippen LogP contribution in [0.15, 0.2) is 30.5 Å². The van der Waals surface area contributed by atoms with Crippen molar-refractivity contribution in [2.75, 3.05) is 5.32 Å². The van der Waals surface area contributed by atoms with Gasteiger partial charge in [-0.3, -0.25) is 4.79 Å². The highest BCUT2D eigenvalue weighted by molar-refractivity contribution is 6.33. The molecule has 1 aromatic carbocycles. The average molecular weight is 287 g/mol. The van der Waals surface area contributed by atoms with E-state index < -0.39 is 29.0 Å². The monoisotopic (exact) mass is 286 g/mol. The minimum atomic E-state index is -0.957. The number of nitrogens with one attached hydrogen (secondary N) is 1. The molecule has 1 heterocycles. The maximum atomic E-state index is 13.3. The minimum Gasteiger partial charge on any atom is -0.317 e. The lowest BCUT2D eigenvalue weighted by Gasteiger charge is -2.08. The van der Waals surface area contributed by atoms with Crippen molar-refractivity contribution in [2.45, 2.75) is 0 Å². The molecule has 0 unspecified atom stereocenters. The van der Waals surface area contributed by atoms with E-state index in [1.165, 1.54) is 0 Å². The normalized spacial score (nSPS) is 10.3. The van der Waals surface area contributed by atoms with Crippen LogP contribution in [0.25, 0.3) is 0 Å². The smallest absolute Gasteiger partial charge is 0.259 e. The second-order valence-corrected chi connectivity index (χ2v) is 3.90. The number of carbonyl (C=O) groups excluding carboxylic acids is 1. The van der Waals surface area contributed by atoms with Crippen molar-refractivity contribution in [3.63, 3.8) is 0 Å². The highest BCUT2D eigenvalue weighted by Gasteiger charge is 2.17. The summed E-state index contributed by atoms with van der Waals surface area (Å²) in [5.74, 6) is -3.65. The quantitative estimate of drug-likeness (QED) is 0.860. The first-order valence-corrected chi connectivity index (χ1v) is 5.43. The first-order chi connectivity index (χ1) is 8.99. The molecule has 0 radical (unpaired) electrons. The number of hydrogen-bond acceptors (Lipinski definition) is 2. The zero-order chi connectivity index (χ0) is 14.0. The molecule has 0 aliphatic carbocycles. The first kappa shape index (κ1) is 13.4. The molecule has 2 rings (SSSR count). The Morgan fingerprint density at radius 1 is 1.21 bits per heavy atom. The zero-order valence-electron chi connectivity index (χ0n) is 9.25. The molecule has 1 N–H and O–H groups in total. The van der Waals surface area contributed by atoms with E-state index in [4.69, 9.17) is 11.6 Å². The van der Waals surface area contributed by atoms with Crippen LogP contribution in [0.3, 0.4) is 0 Å². The number of rotatable bonds is 2. The number of amides is 1. The molecular weight excluding hydrogens is 281 g/mol. The molecule has 0 aliphatic heterocycles. The number of halogens is 4. The third-order valence-corrected chi connectivity index (χ3v) is 2.55. The van der Waals surface area contributed by atoms with Crippen molar-refractivity contribution in [3.05, 3.63) is 58.6 Å². The molecule has 19 heavy (non-hydrogen) atoms. The molecule has 1 aromatic heterocycles. The summed E-state index contributed by atoms with van der Waals surface area (Å²) in [4.78, 5) is 15.2. The molecule has 2 aromatic rings. The van der Waals surface area contributed by atoms with E-state index in [-0.39, 0.29) is 10.7 Å². The first-order valence-electron chi connectivity index (χ1n) is 5.05. The summed E-state index contributed by atoms with van der Waals surface area (Å²) in [5, 5.41) is 1.71. The van der Waals surface area contributed by atoms with Crippen LogP contribution >= 0.6 is 11.6 Å². The number of anilines is 1. The van der Waals surface area contributed by atoms with Crippen molar-refractivity contribution in [1.29, 1.82) is 0 Å². The average Bonchev–Trinajstić information content (AvgIpc) is 2.37. The van der Waals surface area contributed by atoms with Gasteiger partial charge >= 0.3 is 0 Å². The summed E-state index contributed by atoms with van der Waals surface area (Å²) in [7, 11) is 0. The van der Waals surface area contributed by atoms with Gasteiger partial charge in [0.1, 0.15) is 28.3 Å². The Labute approximate surface area is 111 Å². The van der Waals surface area contributed by atoms with E-state index >= 15 is 0 Å². The van der Waals surface area contributed by atoms with Crippen molar-refractivity contribution < 1.29 is 18.0 Å². The van der Waals surface area contributed by atoms with E-state index in [1.54, 1.807) is 0 Å². The van der Waals surface area contributed by atoms with Gasteiger partial charge in [-0.15, -0.1) is 0 Å². The van der Waals surface area contributed by atoms with Crippen molar-refractivity contribution >= 4 is 23.2 Å². The highest BCUT2D eigenvalue weighted by atomic mass is 35.5. The van der Waals surface area contributed by atoms with E-state index in [2.05, 4.69) is 4.98 Å². The molecule has 0 aliphatic rings. The Morgan fingerprint density at radius 3 is 2.47 bits per heavy atom. The molecule has 0 atom stereocenters. The topological polar surface area (TPSA) is 42.0 Å². The Kier molecular flexibility index (Phi) is 3.71. The molecule has 0 saturated heterocycles. The van der Waals surface area contributed by atoms with E-state index in [9.17, 15) is 18.0 Å². The summed E-state index contributed by atoms with van der Waals surface area (Å²) < 4.78 is 39.6. The fourth-order valence-corrected chi connectivity index (χ4v) is 1.57. The van der Waals surface area contributed by atoms with Gasteiger partial charge in [0, 0.05) is 0 Å². The molecular formula is C12H6ClF3N2O. The van der Waals surface area contributed by atoms with Gasteiger partial charge < -0.3 is 5.32 Å².